The van der Waals surface area contributed by atoms with E-state index in [1.54, 1.807) is 29.2 Å². The van der Waals surface area contributed by atoms with Crippen LogP contribution in [-0.4, -0.2) is 20.5 Å². The van der Waals surface area contributed by atoms with Gasteiger partial charge in [0.25, 0.3) is 0 Å². The first-order valence-corrected chi connectivity index (χ1v) is 9.07. The van der Waals surface area contributed by atoms with Crippen LogP contribution in [0.5, 0.6) is 0 Å². The number of ketones is 1. The third-order valence-corrected chi connectivity index (χ3v) is 4.79. The highest BCUT2D eigenvalue weighted by molar-refractivity contribution is 6.30. The van der Waals surface area contributed by atoms with Crippen molar-refractivity contribution in [1.29, 1.82) is 0 Å². The lowest BCUT2D eigenvalue weighted by atomic mass is 10.00. The van der Waals surface area contributed by atoms with E-state index in [0.717, 1.165) is 22.4 Å². The first-order chi connectivity index (χ1) is 13.5. The zero-order valence-corrected chi connectivity index (χ0v) is 15.9. The molecular formula is C22H17ClN4O. The molecule has 2 aromatic carbocycles. The van der Waals surface area contributed by atoms with Crippen LogP contribution in [0.4, 0.5) is 5.82 Å². The van der Waals surface area contributed by atoms with Gasteiger partial charge in [0.1, 0.15) is 5.82 Å². The quantitative estimate of drug-likeness (QED) is 0.514. The molecule has 6 heteroatoms. The monoisotopic (exact) mass is 388 g/mol. The second-order valence-corrected chi connectivity index (χ2v) is 6.87. The van der Waals surface area contributed by atoms with E-state index in [1.807, 2.05) is 49.4 Å². The number of nitrogens with zero attached hydrogens (tertiary/aromatic N) is 3. The van der Waals surface area contributed by atoms with E-state index in [-0.39, 0.29) is 5.78 Å². The van der Waals surface area contributed by atoms with Crippen LogP contribution in [0.3, 0.4) is 0 Å². The van der Waals surface area contributed by atoms with Crippen molar-refractivity contribution in [3.8, 4) is 16.8 Å². The van der Waals surface area contributed by atoms with Gasteiger partial charge in [-0.25, -0.2) is 4.68 Å². The van der Waals surface area contributed by atoms with Crippen LogP contribution in [-0.2, 0) is 0 Å². The molecule has 2 heterocycles. The average molecular weight is 389 g/mol. The van der Waals surface area contributed by atoms with Gasteiger partial charge in [-0.2, -0.15) is 5.10 Å². The Morgan fingerprint density at radius 2 is 1.86 bits per heavy atom. The van der Waals surface area contributed by atoms with Gasteiger partial charge in [-0.1, -0.05) is 35.9 Å². The Kier molecular flexibility index (Phi) is 4.67. The number of anilines is 1. The minimum absolute atomic E-state index is 0.180. The third-order valence-electron chi connectivity index (χ3n) is 4.56. The number of hydrogen-bond donors (Lipinski definition) is 1. The summed E-state index contributed by atoms with van der Waals surface area (Å²) in [4.78, 5) is 17.2. The van der Waals surface area contributed by atoms with Crippen molar-refractivity contribution in [2.24, 2.45) is 0 Å². The fourth-order valence-corrected chi connectivity index (χ4v) is 3.34. The van der Waals surface area contributed by atoms with E-state index in [0.29, 0.717) is 22.0 Å². The Morgan fingerprint density at radius 1 is 1.04 bits per heavy atom. The first kappa shape index (κ1) is 17.9. The molecule has 0 aliphatic carbocycles. The summed E-state index contributed by atoms with van der Waals surface area (Å²) in [5.41, 5.74) is 10.7. The molecule has 0 amide bonds. The van der Waals surface area contributed by atoms with E-state index < -0.39 is 0 Å². The molecule has 0 fully saturated rings. The Balaban J connectivity index is 1.71. The smallest absolute Gasteiger partial charge is 0.198 e. The van der Waals surface area contributed by atoms with Gasteiger partial charge in [-0.15, -0.1) is 0 Å². The summed E-state index contributed by atoms with van der Waals surface area (Å²) in [6.45, 7) is 1.92. The largest absolute Gasteiger partial charge is 0.383 e. The number of benzene rings is 2. The molecule has 4 aromatic rings. The maximum atomic E-state index is 13.1. The molecule has 5 nitrogen and oxygen atoms in total. The number of carbonyl (C=O) groups is 1. The first-order valence-electron chi connectivity index (χ1n) is 8.70. The van der Waals surface area contributed by atoms with Gasteiger partial charge in [-0.3, -0.25) is 9.78 Å². The molecule has 4 rings (SSSR count). The number of nitrogen functional groups attached to an aromatic ring is 1. The SMILES string of the molecule is Cc1cc(Cl)ccc1-n1ncc(C(=O)c2cccc(-c3cccnc3)c2)c1N. The molecule has 2 N–H and O–H groups in total. The maximum absolute atomic E-state index is 13.1. The van der Waals surface area contributed by atoms with Crippen LogP contribution in [0.1, 0.15) is 21.5 Å². The molecule has 28 heavy (non-hydrogen) atoms. The van der Waals surface area contributed by atoms with Crippen LogP contribution in [0, 0.1) is 6.92 Å². The van der Waals surface area contributed by atoms with Gasteiger partial charge in [0, 0.05) is 28.5 Å². The highest BCUT2D eigenvalue weighted by Gasteiger charge is 2.19. The summed E-state index contributed by atoms with van der Waals surface area (Å²) >= 11 is 6.03. The Bertz CT molecular complexity index is 1170. The lowest BCUT2D eigenvalue weighted by Crippen LogP contribution is -2.08. The molecule has 0 aliphatic rings. The van der Waals surface area contributed by atoms with Gasteiger partial charge in [0.05, 0.1) is 17.4 Å². The van der Waals surface area contributed by atoms with E-state index in [2.05, 4.69) is 10.1 Å². The normalized spacial score (nSPS) is 10.8. The Labute approximate surface area is 167 Å². The number of nitrogens with two attached hydrogens (primary N) is 1. The number of halogens is 1. The number of pyridine rings is 1. The van der Waals surface area contributed by atoms with Gasteiger partial charge in [0.15, 0.2) is 5.78 Å². The molecular weight excluding hydrogens is 372 g/mol. The molecule has 0 atom stereocenters. The van der Waals surface area contributed by atoms with Crippen LogP contribution in [0.15, 0.2) is 73.2 Å². The minimum atomic E-state index is -0.180. The molecule has 2 aromatic heterocycles. The zero-order valence-electron chi connectivity index (χ0n) is 15.1. The van der Waals surface area contributed by atoms with Gasteiger partial charge in [0.2, 0.25) is 0 Å². The van der Waals surface area contributed by atoms with Crippen molar-refractivity contribution in [1.82, 2.24) is 14.8 Å². The lowest BCUT2D eigenvalue weighted by Gasteiger charge is -2.09. The fraction of sp³-hybridized carbons (Fsp3) is 0.0455. The fourth-order valence-electron chi connectivity index (χ4n) is 3.11. The molecule has 0 aliphatic heterocycles. The molecule has 0 spiro atoms. The second-order valence-electron chi connectivity index (χ2n) is 6.44. The number of aromatic nitrogens is 3. The molecule has 0 saturated carbocycles. The minimum Gasteiger partial charge on any atom is -0.383 e. The third kappa shape index (κ3) is 3.28. The van der Waals surface area contributed by atoms with Crippen LogP contribution in [0.25, 0.3) is 16.8 Å². The second kappa shape index (κ2) is 7.29. The van der Waals surface area contributed by atoms with Crippen LogP contribution >= 0.6 is 11.6 Å². The zero-order chi connectivity index (χ0) is 19.7. The Hall–Kier alpha value is -3.44. The van der Waals surface area contributed by atoms with Crippen molar-refractivity contribution in [2.75, 3.05) is 5.73 Å². The van der Waals surface area contributed by atoms with Crippen molar-refractivity contribution in [3.63, 3.8) is 0 Å². The van der Waals surface area contributed by atoms with Crippen LogP contribution < -0.4 is 5.73 Å². The molecule has 0 saturated heterocycles. The molecule has 0 unspecified atom stereocenters. The van der Waals surface area contributed by atoms with Crippen molar-refractivity contribution >= 4 is 23.2 Å². The predicted octanol–water partition coefficient (Wildman–Crippen LogP) is 4.71. The number of rotatable bonds is 4. The maximum Gasteiger partial charge on any atom is 0.198 e. The molecule has 138 valence electrons. The van der Waals surface area contributed by atoms with Crippen LogP contribution in [0.2, 0.25) is 5.02 Å². The van der Waals surface area contributed by atoms with E-state index in [4.69, 9.17) is 17.3 Å². The van der Waals surface area contributed by atoms with Crippen molar-refractivity contribution in [3.05, 3.63) is 94.9 Å². The van der Waals surface area contributed by atoms with Crippen molar-refractivity contribution in [2.45, 2.75) is 6.92 Å². The van der Waals surface area contributed by atoms with Crippen molar-refractivity contribution < 1.29 is 4.79 Å². The lowest BCUT2D eigenvalue weighted by molar-refractivity contribution is 0.103. The summed E-state index contributed by atoms with van der Waals surface area (Å²) in [5.74, 6) is 0.114. The summed E-state index contributed by atoms with van der Waals surface area (Å²) in [6, 6.07) is 16.6. The van der Waals surface area contributed by atoms with E-state index in [9.17, 15) is 4.79 Å². The standard InChI is InChI=1S/C22H17ClN4O/c1-14-10-18(23)7-8-20(14)27-22(24)19(13-26-27)21(28)16-5-2-4-15(11-16)17-6-3-9-25-12-17/h2-13H,24H2,1H3. The van der Waals surface area contributed by atoms with Gasteiger partial charge in [-0.05, 0) is 48.4 Å². The summed E-state index contributed by atoms with van der Waals surface area (Å²) in [7, 11) is 0. The highest BCUT2D eigenvalue weighted by atomic mass is 35.5. The number of aryl methyl sites for hydroxylation is 1. The topological polar surface area (TPSA) is 73.8 Å². The summed E-state index contributed by atoms with van der Waals surface area (Å²) in [5, 5.41) is 4.96. The van der Waals surface area contributed by atoms with Gasteiger partial charge < -0.3 is 5.73 Å². The predicted molar refractivity (Wildman–Crippen MR) is 111 cm³/mol. The van der Waals surface area contributed by atoms with Gasteiger partial charge >= 0.3 is 0 Å². The number of carbonyl (C=O) groups excluding carboxylic acids is 1. The average Bonchev–Trinajstić information content (AvgIpc) is 3.09. The summed E-state index contributed by atoms with van der Waals surface area (Å²) < 4.78 is 1.56. The summed E-state index contributed by atoms with van der Waals surface area (Å²) in [6.07, 6.45) is 4.98. The number of hydrogen-bond acceptors (Lipinski definition) is 4. The molecule has 0 radical (unpaired) electrons. The molecule has 0 bridgehead atoms. The van der Waals surface area contributed by atoms with E-state index >= 15 is 0 Å². The van der Waals surface area contributed by atoms with E-state index in [1.165, 1.54) is 6.20 Å². The Morgan fingerprint density at radius 3 is 2.61 bits per heavy atom. The highest BCUT2D eigenvalue weighted by Crippen LogP contribution is 2.26.